The van der Waals surface area contributed by atoms with Crippen molar-refractivity contribution in [1.82, 2.24) is 19.7 Å². The number of fused-ring (bicyclic) bond motifs is 3. The van der Waals surface area contributed by atoms with Crippen LogP contribution in [0, 0.1) is 6.92 Å². The Bertz CT molecular complexity index is 853. The predicted molar refractivity (Wildman–Crippen MR) is 96.0 cm³/mol. The van der Waals surface area contributed by atoms with Crippen molar-refractivity contribution in [3.8, 4) is 5.75 Å². The van der Waals surface area contributed by atoms with E-state index in [9.17, 15) is 4.79 Å². The summed E-state index contributed by atoms with van der Waals surface area (Å²) in [5, 5.41) is 8.57. The lowest BCUT2D eigenvalue weighted by molar-refractivity contribution is -0.137. The molecule has 2 fully saturated rings. The van der Waals surface area contributed by atoms with Crippen LogP contribution in [-0.2, 0) is 23.2 Å². The van der Waals surface area contributed by atoms with Crippen LogP contribution in [-0.4, -0.2) is 44.8 Å². The van der Waals surface area contributed by atoms with Gasteiger partial charge in [-0.2, -0.15) is 0 Å². The molecule has 6 heteroatoms. The van der Waals surface area contributed by atoms with Gasteiger partial charge in [-0.3, -0.25) is 4.79 Å². The minimum absolute atomic E-state index is 0.257. The highest BCUT2D eigenvalue weighted by molar-refractivity contribution is 5.92. The van der Waals surface area contributed by atoms with Crippen LogP contribution >= 0.6 is 0 Å². The van der Waals surface area contributed by atoms with Gasteiger partial charge in [0, 0.05) is 19.0 Å². The summed E-state index contributed by atoms with van der Waals surface area (Å²) in [5.74, 6) is 3.13. The highest BCUT2D eigenvalue weighted by Gasteiger charge is 2.56. The molecule has 1 aliphatic carbocycles. The zero-order valence-corrected chi connectivity index (χ0v) is 15.3. The maximum atomic E-state index is 13.7. The van der Waals surface area contributed by atoms with E-state index in [1.54, 1.807) is 7.11 Å². The minimum atomic E-state index is -0.327. The van der Waals surface area contributed by atoms with Gasteiger partial charge in [-0.15, -0.1) is 10.2 Å². The number of aromatic nitrogens is 3. The normalized spacial score (nSPS) is 25.5. The quantitative estimate of drug-likeness (QED) is 0.850. The maximum Gasteiger partial charge on any atom is 0.233 e. The first-order chi connectivity index (χ1) is 12.6. The van der Waals surface area contributed by atoms with Crippen LogP contribution in [0.2, 0.25) is 0 Å². The molecular weight excluding hydrogens is 328 g/mol. The lowest BCUT2D eigenvalue weighted by Gasteiger charge is -2.32. The molecular formula is C20H24N4O2. The fourth-order valence-electron chi connectivity index (χ4n) is 4.82. The molecule has 136 valence electrons. The van der Waals surface area contributed by atoms with Crippen molar-refractivity contribution < 1.29 is 9.53 Å². The van der Waals surface area contributed by atoms with Gasteiger partial charge in [0.1, 0.15) is 17.4 Å². The summed E-state index contributed by atoms with van der Waals surface area (Å²) < 4.78 is 7.47. The molecule has 2 atom stereocenters. The smallest absolute Gasteiger partial charge is 0.233 e. The average molecular weight is 352 g/mol. The van der Waals surface area contributed by atoms with Crippen molar-refractivity contribution in [2.75, 3.05) is 7.11 Å². The van der Waals surface area contributed by atoms with Crippen LogP contribution in [0.1, 0.15) is 42.9 Å². The largest absolute Gasteiger partial charge is 0.497 e. The van der Waals surface area contributed by atoms with Crippen LogP contribution in [0.4, 0.5) is 0 Å². The Hall–Kier alpha value is -2.37. The van der Waals surface area contributed by atoms with Gasteiger partial charge in [0.15, 0.2) is 0 Å². The van der Waals surface area contributed by atoms with Gasteiger partial charge in [0.25, 0.3) is 0 Å². The standard InChI is InChI=1S/C20H24N4O2/c1-13-21-22-18-11-15-5-6-16(12-23(13)18)24(15)19(25)20(9-10-20)14-3-7-17(26-2)8-4-14/h3-4,7-8,15-16H,5-6,9-12H2,1-2H3. The molecule has 2 unspecified atom stereocenters. The number of hydrogen-bond donors (Lipinski definition) is 0. The molecule has 1 aromatic carbocycles. The van der Waals surface area contributed by atoms with Gasteiger partial charge >= 0.3 is 0 Å². The van der Waals surface area contributed by atoms with Crippen molar-refractivity contribution in [3.63, 3.8) is 0 Å². The minimum Gasteiger partial charge on any atom is -0.497 e. The van der Waals surface area contributed by atoms with Crippen LogP contribution < -0.4 is 4.74 Å². The zero-order chi connectivity index (χ0) is 17.9. The van der Waals surface area contributed by atoms with Gasteiger partial charge < -0.3 is 14.2 Å². The van der Waals surface area contributed by atoms with E-state index in [1.807, 2.05) is 19.1 Å². The molecule has 0 radical (unpaired) electrons. The van der Waals surface area contributed by atoms with Crippen LogP contribution in [0.3, 0.4) is 0 Å². The second-order valence-corrected chi connectivity index (χ2v) is 7.89. The van der Waals surface area contributed by atoms with E-state index in [4.69, 9.17) is 4.74 Å². The molecule has 1 aromatic heterocycles. The number of rotatable bonds is 3. The molecule has 0 spiro atoms. The Balaban J connectivity index is 1.45. The third kappa shape index (κ3) is 2.20. The summed E-state index contributed by atoms with van der Waals surface area (Å²) in [6.45, 7) is 2.83. The van der Waals surface area contributed by atoms with E-state index in [-0.39, 0.29) is 17.5 Å². The van der Waals surface area contributed by atoms with Crippen molar-refractivity contribution in [2.24, 2.45) is 0 Å². The molecule has 1 saturated carbocycles. The Morgan fingerprint density at radius 1 is 1.15 bits per heavy atom. The SMILES string of the molecule is COc1ccc(C2(C(=O)N3C4CCC3Cn3c(C)nnc3C4)CC2)cc1. The fraction of sp³-hybridized carbons (Fsp3) is 0.550. The molecule has 26 heavy (non-hydrogen) atoms. The molecule has 1 saturated heterocycles. The maximum absolute atomic E-state index is 13.7. The molecule has 3 aliphatic rings. The lowest BCUT2D eigenvalue weighted by Crippen LogP contribution is -2.47. The second-order valence-electron chi connectivity index (χ2n) is 7.89. The number of methoxy groups -OCH3 is 1. The number of carbonyl (C=O) groups excluding carboxylic acids is 1. The summed E-state index contributed by atoms with van der Waals surface area (Å²) in [5.41, 5.74) is 0.801. The molecule has 6 nitrogen and oxygen atoms in total. The zero-order valence-electron chi connectivity index (χ0n) is 15.3. The van der Waals surface area contributed by atoms with E-state index in [1.165, 1.54) is 0 Å². The third-order valence-electron chi connectivity index (χ3n) is 6.48. The van der Waals surface area contributed by atoms with E-state index < -0.39 is 0 Å². The topological polar surface area (TPSA) is 60.2 Å². The molecule has 2 aromatic rings. The van der Waals surface area contributed by atoms with Crippen molar-refractivity contribution in [3.05, 3.63) is 41.5 Å². The monoisotopic (exact) mass is 352 g/mol. The first kappa shape index (κ1) is 15.9. The number of hydrogen-bond acceptors (Lipinski definition) is 4. The van der Waals surface area contributed by atoms with Crippen molar-refractivity contribution in [2.45, 2.75) is 63.1 Å². The van der Waals surface area contributed by atoms with Gasteiger partial charge in [-0.05, 0) is 50.3 Å². The van der Waals surface area contributed by atoms with Gasteiger partial charge in [-0.25, -0.2) is 0 Å². The van der Waals surface area contributed by atoms with E-state index in [2.05, 4.69) is 31.8 Å². The Morgan fingerprint density at radius 3 is 2.58 bits per heavy atom. The number of amides is 1. The summed E-state index contributed by atoms with van der Waals surface area (Å²) in [6.07, 6.45) is 4.85. The van der Waals surface area contributed by atoms with Crippen LogP contribution in [0.5, 0.6) is 5.75 Å². The Kier molecular flexibility index (Phi) is 3.39. The van der Waals surface area contributed by atoms with Gasteiger partial charge in [0.05, 0.1) is 18.6 Å². The number of carbonyl (C=O) groups is 1. The van der Waals surface area contributed by atoms with Gasteiger partial charge in [-0.1, -0.05) is 12.1 Å². The Morgan fingerprint density at radius 2 is 1.88 bits per heavy atom. The Labute approximate surface area is 153 Å². The van der Waals surface area contributed by atoms with E-state index >= 15 is 0 Å². The highest BCUT2D eigenvalue weighted by atomic mass is 16.5. The highest BCUT2D eigenvalue weighted by Crippen LogP contribution is 2.51. The molecule has 5 rings (SSSR count). The van der Waals surface area contributed by atoms with Crippen LogP contribution in [0.25, 0.3) is 0 Å². The molecule has 0 N–H and O–H groups in total. The third-order valence-corrected chi connectivity index (χ3v) is 6.48. The molecule has 1 amide bonds. The number of nitrogens with zero attached hydrogens (tertiary/aromatic N) is 4. The second kappa shape index (κ2) is 5.56. The summed E-state index contributed by atoms with van der Waals surface area (Å²) >= 11 is 0. The first-order valence-corrected chi connectivity index (χ1v) is 9.48. The average Bonchev–Trinajstić information content (AvgIpc) is 3.32. The molecule has 3 heterocycles. The summed E-state index contributed by atoms with van der Waals surface area (Å²) in [4.78, 5) is 15.9. The number of benzene rings is 1. The number of aryl methyl sites for hydroxylation is 1. The van der Waals surface area contributed by atoms with Crippen LogP contribution in [0.15, 0.2) is 24.3 Å². The van der Waals surface area contributed by atoms with Gasteiger partial charge in [0.2, 0.25) is 5.91 Å². The van der Waals surface area contributed by atoms with E-state index in [0.29, 0.717) is 5.91 Å². The summed E-state index contributed by atoms with van der Waals surface area (Å²) in [7, 11) is 1.67. The van der Waals surface area contributed by atoms with Crippen molar-refractivity contribution >= 4 is 5.91 Å². The van der Waals surface area contributed by atoms with E-state index in [0.717, 1.165) is 61.6 Å². The lowest BCUT2D eigenvalue weighted by atomic mass is 9.93. The summed E-state index contributed by atoms with van der Waals surface area (Å²) in [6, 6.07) is 8.56. The predicted octanol–water partition coefficient (Wildman–Crippen LogP) is 2.24. The molecule has 2 aliphatic heterocycles. The first-order valence-electron chi connectivity index (χ1n) is 9.48. The fourth-order valence-corrected chi connectivity index (χ4v) is 4.82. The van der Waals surface area contributed by atoms with Crippen molar-refractivity contribution in [1.29, 1.82) is 0 Å². The number of ether oxygens (including phenoxy) is 1. The molecule has 2 bridgehead atoms.